The molecule has 5 heteroatoms. The average molecular weight is 387 g/mol. The van der Waals surface area contributed by atoms with Crippen LogP contribution in [0.15, 0.2) is 42.5 Å². The van der Waals surface area contributed by atoms with Gasteiger partial charge in [0.05, 0.1) is 10.7 Å². The fourth-order valence-corrected chi connectivity index (χ4v) is 3.56. The van der Waals surface area contributed by atoms with Gasteiger partial charge in [-0.3, -0.25) is 4.79 Å². The lowest BCUT2D eigenvalue weighted by atomic mass is 9.99. The van der Waals surface area contributed by atoms with Crippen LogP contribution < -0.4 is 15.0 Å². The molecule has 1 heterocycles. The van der Waals surface area contributed by atoms with E-state index in [1.54, 1.807) is 0 Å². The highest BCUT2D eigenvalue weighted by Crippen LogP contribution is 2.31. The fourth-order valence-electron chi connectivity index (χ4n) is 3.26. The van der Waals surface area contributed by atoms with Crippen molar-refractivity contribution in [2.75, 3.05) is 29.9 Å². The summed E-state index contributed by atoms with van der Waals surface area (Å²) in [6.45, 7) is 6.41. The number of amides is 1. The highest BCUT2D eigenvalue weighted by molar-refractivity contribution is 6.33. The molecule has 144 valence electrons. The van der Waals surface area contributed by atoms with Crippen molar-refractivity contribution in [1.29, 1.82) is 0 Å². The van der Waals surface area contributed by atoms with Crippen molar-refractivity contribution < 1.29 is 9.53 Å². The number of hydrogen-bond acceptors (Lipinski definition) is 3. The largest absolute Gasteiger partial charge is 0.484 e. The van der Waals surface area contributed by atoms with Crippen molar-refractivity contribution in [1.82, 2.24) is 0 Å². The Hall–Kier alpha value is -2.20. The van der Waals surface area contributed by atoms with E-state index in [4.69, 9.17) is 16.3 Å². The van der Waals surface area contributed by atoms with Crippen LogP contribution in [0.5, 0.6) is 5.75 Å². The van der Waals surface area contributed by atoms with Gasteiger partial charge in [0.25, 0.3) is 5.91 Å². The van der Waals surface area contributed by atoms with Crippen molar-refractivity contribution >= 4 is 28.9 Å². The van der Waals surface area contributed by atoms with Gasteiger partial charge in [-0.2, -0.15) is 0 Å². The van der Waals surface area contributed by atoms with Crippen LogP contribution in [0.4, 0.5) is 11.4 Å². The number of hydrogen-bond donors (Lipinski definition) is 1. The Kier molecular flexibility index (Phi) is 6.62. The number of aryl methyl sites for hydroxylation is 1. The average Bonchev–Trinajstić information content (AvgIpc) is 2.68. The number of ether oxygens (including phenoxy) is 1. The number of carbonyl (C=O) groups is 1. The SMILES string of the molecule is CCc1ccc(OCC(=O)Nc2ccc(N3CCC(C)CC3)c(Cl)c2)cc1. The number of nitrogens with one attached hydrogen (secondary N) is 1. The molecule has 1 N–H and O–H groups in total. The predicted molar refractivity (Wildman–Crippen MR) is 112 cm³/mol. The number of benzene rings is 2. The van der Waals surface area contributed by atoms with E-state index in [1.807, 2.05) is 42.5 Å². The van der Waals surface area contributed by atoms with Gasteiger partial charge in [0, 0.05) is 18.8 Å². The minimum Gasteiger partial charge on any atom is -0.484 e. The quantitative estimate of drug-likeness (QED) is 0.745. The highest BCUT2D eigenvalue weighted by atomic mass is 35.5. The first-order chi connectivity index (χ1) is 13.0. The van der Waals surface area contributed by atoms with Crippen LogP contribution in [0.25, 0.3) is 0 Å². The minimum atomic E-state index is -0.204. The molecular formula is C22H27ClN2O2. The first kappa shape index (κ1) is 19.6. The molecule has 0 aromatic heterocycles. The van der Waals surface area contributed by atoms with Gasteiger partial charge < -0.3 is 15.0 Å². The molecule has 0 saturated carbocycles. The zero-order valence-electron chi connectivity index (χ0n) is 16.0. The summed E-state index contributed by atoms with van der Waals surface area (Å²) in [7, 11) is 0. The monoisotopic (exact) mass is 386 g/mol. The van der Waals surface area contributed by atoms with Crippen molar-refractivity contribution in [3.63, 3.8) is 0 Å². The van der Waals surface area contributed by atoms with Crippen molar-refractivity contribution in [3.8, 4) is 5.75 Å². The van der Waals surface area contributed by atoms with Gasteiger partial charge >= 0.3 is 0 Å². The zero-order chi connectivity index (χ0) is 19.2. The molecule has 0 atom stereocenters. The molecule has 0 unspecified atom stereocenters. The van der Waals surface area contributed by atoms with Crippen LogP contribution in [0.3, 0.4) is 0 Å². The van der Waals surface area contributed by atoms with Crippen LogP contribution >= 0.6 is 11.6 Å². The first-order valence-electron chi connectivity index (χ1n) is 9.61. The van der Waals surface area contributed by atoms with Crippen molar-refractivity contribution in [2.24, 2.45) is 5.92 Å². The van der Waals surface area contributed by atoms with E-state index in [1.165, 1.54) is 18.4 Å². The summed E-state index contributed by atoms with van der Waals surface area (Å²) in [6, 6.07) is 13.5. The van der Waals surface area contributed by atoms with Gasteiger partial charge in [0.2, 0.25) is 0 Å². The molecule has 2 aromatic carbocycles. The molecule has 27 heavy (non-hydrogen) atoms. The van der Waals surface area contributed by atoms with Gasteiger partial charge in [0.1, 0.15) is 5.75 Å². The van der Waals surface area contributed by atoms with Gasteiger partial charge in [-0.05, 0) is 61.1 Å². The number of halogens is 1. The van der Waals surface area contributed by atoms with E-state index in [9.17, 15) is 4.79 Å². The number of anilines is 2. The van der Waals surface area contributed by atoms with Gasteiger partial charge in [0.15, 0.2) is 6.61 Å². The molecule has 0 spiro atoms. The van der Waals surface area contributed by atoms with E-state index in [0.717, 1.165) is 31.1 Å². The number of carbonyl (C=O) groups excluding carboxylic acids is 1. The summed E-state index contributed by atoms with van der Waals surface area (Å²) >= 11 is 6.46. The summed E-state index contributed by atoms with van der Waals surface area (Å²) < 4.78 is 5.55. The van der Waals surface area contributed by atoms with E-state index >= 15 is 0 Å². The Morgan fingerprint density at radius 3 is 2.52 bits per heavy atom. The molecule has 1 aliphatic heterocycles. The maximum absolute atomic E-state index is 12.2. The fraction of sp³-hybridized carbons (Fsp3) is 0.409. The Balaban J connectivity index is 1.53. The molecule has 1 amide bonds. The normalized spacial score (nSPS) is 14.9. The topological polar surface area (TPSA) is 41.6 Å². The molecule has 1 saturated heterocycles. The van der Waals surface area contributed by atoms with Crippen LogP contribution in [-0.2, 0) is 11.2 Å². The van der Waals surface area contributed by atoms with E-state index < -0.39 is 0 Å². The lowest BCUT2D eigenvalue weighted by Crippen LogP contribution is -2.32. The lowest BCUT2D eigenvalue weighted by molar-refractivity contribution is -0.118. The number of nitrogens with zero attached hydrogens (tertiary/aromatic N) is 1. The van der Waals surface area contributed by atoms with E-state index in [0.29, 0.717) is 16.5 Å². The molecule has 0 aliphatic carbocycles. The standard InChI is InChI=1S/C22H27ClN2O2/c1-3-17-4-7-19(8-5-17)27-15-22(26)24-18-6-9-21(20(23)14-18)25-12-10-16(2)11-13-25/h4-9,14,16H,3,10-13,15H2,1-2H3,(H,24,26). The molecule has 0 radical (unpaired) electrons. The second-order valence-corrected chi connectivity index (χ2v) is 7.58. The van der Waals surface area contributed by atoms with Gasteiger partial charge in [-0.15, -0.1) is 0 Å². The van der Waals surface area contributed by atoms with Crippen molar-refractivity contribution in [3.05, 3.63) is 53.1 Å². The molecule has 2 aromatic rings. The van der Waals surface area contributed by atoms with Crippen molar-refractivity contribution in [2.45, 2.75) is 33.1 Å². The smallest absolute Gasteiger partial charge is 0.262 e. The first-order valence-corrected chi connectivity index (χ1v) is 9.99. The summed E-state index contributed by atoms with van der Waals surface area (Å²) in [5, 5.41) is 3.51. The third-order valence-electron chi connectivity index (χ3n) is 5.06. The Bertz CT molecular complexity index is 768. The Morgan fingerprint density at radius 1 is 1.19 bits per heavy atom. The van der Waals surface area contributed by atoms with Crippen LogP contribution in [0.2, 0.25) is 5.02 Å². The molecule has 4 nitrogen and oxygen atoms in total. The van der Waals surface area contributed by atoms with E-state index in [2.05, 4.69) is 24.1 Å². The zero-order valence-corrected chi connectivity index (χ0v) is 16.8. The predicted octanol–water partition coefficient (Wildman–Crippen LogP) is 5.16. The molecular weight excluding hydrogens is 360 g/mol. The van der Waals surface area contributed by atoms with Gasteiger partial charge in [-0.1, -0.05) is 37.6 Å². The van der Waals surface area contributed by atoms with E-state index in [-0.39, 0.29) is 12.5 Å². The summed E-state index contributed by atoms with van der Waals surface area (Å²) in [5.41, 5.74) is 2.96. The van der Waals surface area contributed by atoms with Crippen LogP contribution in [0, 0.1) is 5.92 Å². The third kappa shape index (κ3) is 5.39. The maximum Gasteiger partial charge on any atom is 0.262 e. The third-order valence-corrected chi connectivity index (χ3v) is 5.36. The second-order valence-electron chi connectivity index (χ2n) is 7.17. The number of piperidine rings is 1. The molecule has 1 aliphatic rings. The van der Waals surface area contributed by atoms with Crippen LogP contribution in [0.1, 0.15) is 32.3 Å². The summed E-state index contributed by atoms with van der Waals surface area (Å²) in [6.07, 6.45) is 3.35. The molecule has 1 fully saturated rings. The maximum atomic E-state index is 12.2. The Labute approximate surface area is 166 Å². The van der Waals surface area contributed by atoms with Gasteiger partial charge in [-0.25, -0.2) is 0 Å². The Morgan fingerprint density at radius 2 is 1.89 bits per heavy atom. The number of rotatable bonds is 6. The summed E-state index contributed by atoms with van der Waals surface area (Å²) in [4.78, 5) is 14.5. The minimum absolute atomic E-state index is 0.0329. The summed E-state index contributed by atoms with van der Waals surface area (Å²) in [5.74, 6) is 1.26. The lowest BCUT2D eigenvalue weighted by Gasteiger charge is -2.32. The molecule has 0 bridgehead atoms. The highest BCUT2D eigenvalue weighted by Gasteiger charge is 2.18. The second kappa shape index (κ2) is 9.14. The molecule has 3 rings (SSSR count). The van der Waals surface area contributed by atoms with Crippen LogP contribution in [-0.4, -0.2) is 25.6 Å².